The minimum atomic E-state index is -3.78. The fourth-order valence-electron chi connectivity index (χ4n) is 2.72. The number of nitrogens with zero attached hydrogens (tertiary/aromatic N) is 2. The van der Waals surface area contributed by atoms with Gasteiger partial charge >= 0.3 is 5.97 Å². The van der Waals surface area contributed by atoms with Crippen LogP contribution in [0.15, 0.2) is 29.2 Å². The van der Waals surface area contributed by atoms with Gasteiger partial charge in [-0.05, 0) is 39.1 Å². The van der Waals surface area contributed by atoms with Crippen LogP contribution in [0.3, 0.4) is 0 Å². The maximum absolute atomic E-state index is 12.8. The number of sulfonamides is 1. The predicted octanol–water partition coefficient (Wildman–Crippen LogP) is 1.10. The second-order valence-electron chi connectivity index (χ2n) is 5.48. The number of aromatic carboxylic acids is 1. The molecule has 0 radical (unpaired) electrons. The molecule has 1 aromatic rings. The van der Waals surface area contributed by atoms with Crippen molar-refractivity contribution < 1.29 is 18.3 Å². The molecule has 21 heavy (non-hydrogen) atoms. The van der Waals surface area contributed by atoms with Gasteiger partial charge in [0, 0.05) is 19.1 Å². The van der Waals surface area contributed by atoms with Gasteiger partial charge in [-0.15, -0.1) is 0 Å². The summed E-state index contributed by atoms with van der Waals surface area (Å²) >= 11 is 0. The molecule has 0 bridgehead atoms. The minimum absolute atomic E-state index is 0.105. The van der Waals surface area contributed by atoms with E-state index in [1.807, 2.05) is 19.0 Å². The zero-order valence-electron chi connectivity index (χ0n) is 12.2. The maximum atomic E-state index is 12.8. The molecule has 0 spiro atoms. The molecule has 2 rings (SSSR count). The summed E-state index contributed by atoms with van der Waals surface area (Å²) in [6, 6.07) is 5.67. The van der Waals surface area contributed by atoms with Crippen LogP contribution in [0.25, 0.3) is 0 Å². The van der Waals surface area contributed by atoms with E-state index in [9.17, 15) is 18.3 Å². The monoisotopic (exact) mass is 312 g/mol. The molecule has 1 saturated heterocycles. The molecule has 1 N–H and O–H groups in total. The molecule has 1 heterocycles. The van der Waals surface area contributed by atoms with E-state index in [0.717, 1.165) is 12.8 Å². The Morgan fingerprint density at radius 3 is 2.67 bits per heavy atom. The van der Waals surface area contributed by atoms with Crippen LogP contribution in [-0.4, -0.2) is 61.9 Å². The molecule has 0 aliphatic carbocycles. The first-order valence-corrected chi connectivity index (χ1v) is 8.27. The van der Waals surface area contributed by atoms with E-state index in [0.29, 0.717) is 13.1 Å². The lowest BCUT2D eigenvalue weighted by molar-refractivity contribution is 0.0692. The summed E-state index contributed by atoms with van der Waals surface area (Å²) in [6.45, 7) is 1.07. The van der Waals surface area contributed by atoms with E-state index in [1.165, 1.54) is 22.5 Å². The third-order valence-corrected chi connectivity index (χ3v) is 5.61. The van der Waals surface area contributed by atoms with Crippen molar-refractivity contribution >= 4 is 16.0 Å². The molecular formula is C14H20N2O4S. The van der Waals surface area contributed by atoms with Crippen LogP contribution in [0.1, 0.15) is 23.2 Å². The number of carboxylic acid groups (broad SMARTS) is 1. The van der Waals surface area contributed by atoms with Gasteiger partial charge in [-0.2, -0.15) is 4.31 Å². The number of rotatable bonds is 5. The summed E-state index contributed by atoms with van der Waals surface area (Å²) in [6.07, 6.45) is 1.60. The molecule has 1 fully saturated rings. The first-order chi connectivity index (χ1) is 9.84. The Morgan fingerprint density at radius 1 is 1.38 bits per heavy atom. The van der Waals surface area contributed by atoms with Crippen molar-refractivity contribution in [2.24, 2.45) is 0 Å². The van der Waals surface area contributed by atoms with Gasteiger partial charge in [0.1, 0.15) is 0 Å². The molecule has 0 saturated carbocycles. The van der Waals surface area contributed by atoms with E-state index < -0.39 is 16.0 Å². The van der Waals surface area contributed by atoms with Gasteiger partial charge < -0.3 is 10.0 Å². The summed E-state index contributed by atoms with van der Waals surface area (Å²) in [5.74, 6) is -1.22. The van der Waals surface area contributed by atoms with Crippen LogP contribution in [-0.2, 0) is 10.0 Å². The summed E-state index contributed by atoms with van der Waals surface area (Å²) in [5.41, 5.74) is -0.173. The Balaban J connectivity index is 2.40. The minimum Gasteiger partial charge on any atom is -0.478 e. The van der Waals surface area contributed by atoms with E-state index in [4.69, 9.17) is 0 Å². The highest BCUT2D eigenvalue weighted by Gasteiger charge is 2.37. The molecule has 0 aromatic heterocycles. The average molecular weight is 312 g/mol. The summed E-state index contributed by atoms with van der Waals surface area (Å²) in [7, 11) is 0.0109. The second kappa shape index (κ2) is 6.13. The standard InChI is InChI=1S/C14H20N2O4S/c1-15(2)10-11-6-5-9-16(11)21(19,20)13-8-4-3-7-12(13)14(17)18/h3-4,7-8,11H,5-6,9-10H2,1-2H3,(H,17,18). The maximum Gasteiger partial charge on any atom is 0.337 e. The van der Waals surface area contributed by atoms with Crippen LogP contribution in [0, 0.1) is 0 Å². The number of benzene rings is 1. The Labute approximate surface area is 125 Å². The quantitative estimate of drug-likeness (QED) is 0.881. The number of hydrogen-bond donors (Lipinski definition) is 1. The van der Waals surface area contributed by atoms with E-state index in [1.54, 1.807) is 6.07 Å². The number of carboxylic acids is 1. The van der Waals surface area contributed by atoms with Crippen molar-refractivity contribution in [3.63, 3.8) is 0 Å². The van der Waals surface area contributed by atoms with Gasteiger partial charge in [-0.3, -0.25) is 0 Å². The molecule has 116 valence electrons. The zero-order valence-corrected chi connectivity index (χ0v) is 13.0. The Morgan fingerprint density at radius 2 is 2.05 bits per heavy atom. The SMILES string of the molecule is CN(C)CC1CCCN1S(=O)(=O)c1ccccc1C(=O)O. The second-order valence-corrected chi connectivity index (χ2v) is 7.33. The van der Waals surface area contributed by atoms with Gasteiger partial charge in [0.25, 0.3) is 0 Å². The van der Waals surface area contributed by atoms with Crippen molar-refractivity contribution in [3.05, 3.63) is 29.8 Å². The fourth-order valence-corrected chi connectivity index (χ4v) is 4.59. The van der Waals surface area contributed by atoms with Crippen molar-refractivity contribution in [3.8, 4) is 0 Å². The molecule has 0 amide bonds. The third kappa shape index (κ3) is 3.25. The smallest absolute Gasteiger partial charge is 0.337 e. The van der Waals surface area contributed by atoms with Crippen LogP contribution in [0.5, 0.6) is 0 Å². The van der Waals surface area contributed by atoms with Crippen LogP contribution < -0.4 is 0 Å². The molecule has 1 atom stereocenters. The lowest BCUT2D eigenvalue weighted by Crippen LogP contribution is -2.41. The van der Waals surface area contributed by atoms with E-state index in [-0.39, 0.29) is 16.5 Å². The van der Waals surface area contributed by atoms with E-state index >= 15 is 0 Å². The summed E-state index contributed by atoms with van der Waals surface area (Å²) < 4.78 is 27.0. The van der Waals surface area contributed by atoms with Gasteiger partial charge in [0.05, 0.1) is 10.5 Å². The molecule has 7 heteroatoms. The highest BCUT2D eigenvalue weighted by molar-refractivity contribution is 7.89. The number of carbonyl (C=O) groups is 1. The first kappa shape index (κ1) is 15.9. The van der Waals surface area contributed by atoms with Crippen molar-refractivity contribution in [1.82, 2.24) is 9.21 Å². The lowest BCUT2D eigenvalue weighted by Gasteiger charge is -2.26. The lowest BCUT2D eigenvalue weighted by atomic mass is 10.2. The molecule has 1 aliphatic heterocycles. The number of likely N-dealkylation sites (N-methyl/N-ethyl adjacent to an activating group) is 1. The number of hydrogen-bond acceptors (Lipinski definition) is 4. The summed E-state index contributed by atoms with van der Waals surface area (Å²) in [5, 5.41) is 9.19. The van der Waals surface area contributed by atoms with Gasteiger partial charge in [-0.25, -0.2) is 13.2 Å². The molecular weight excluding hydrogens is 292 g/mol. The highest BCUT2D eigenvalue weighted by Crippen LogP contribution is 2.28. The molecule has 1 aromatic carbocycles. The third-order valence-electron chi connectivity index (χ3n) is 3.60. The van der Waals surface area contributed by atoms with Crippen molar-refractivity contribution in [2.45, 2.75) is 23.8 Å². The highest BCUT2D eigenvalue weighted by atomic mass is 32.2. The molecule has 1 aliphatic rings. The normalized spacial score (nSPS) is 20.0. The van der Waals surface area contributed by atoms with Crippen LogP contribution in [0.4, 0.5) is 0 Å². The van der Waals surface area contributed by atoms with Gasteiger partial charge in [0.15, 0.2) is 0 Å². The predicted molar refractivity (Wildman–Crippen MR) is 78.9 cm³/mol. The van der Waals surface area contributed by atoms with Crippen molar-refractivity contribution in [1.29, 1.82) is 0 Å². The average Bonchev–Trinajstić information content (AvgIpc) is 2.86. The molecule has 1 unspecified atom stereocenters. The fraction of sp³-hybridized carbons (Fsp3) is 0.500. The van der Waals surface area contributed by atoms with Gasteiger partial charge in [-0.1, -0.05) is 12.1 Å². The van der Waals surface area contributed by atoms with Crippen molar-refractivity contribution in [2.75, 3.05) is 27.2 Å². The van der Waals surface area contributed by atoms with Crippen LogP contribution in [0.2, 0.25) is 0 Å². The van der Waals surface area contributed by atoms with Gasteiger partial charge in [0.2, 0.25) is 10.0 Å². The topological polar surface area (TPSA) is 77.9 Å². The summed E-state index contributed by atoms with van der Waals surface area (Å²) in [4.78, 5) is 13.1. The van der Waals surface area contributed by atoms with E-state index in [2.05, 4.69) is 0 Å². The Kier molecular flexibility index (Phi) is 4.65. The largest absolute Gasteiger partial charge is 0.478 e. The Hall–Kier alpha value is -1.44. The van der Waals surface area contributed by atoms with Crippen LogP contribution >= 0.6 is 0 Å². The first-order valence-electron chi connectivity index (χ1n) is 6.83. The Bertz CT molecular complexity index is 628. The molecule has 6 nitrogen and oxygen atoms in total. The zero-order chi connectivity index (χ0) is 15.6.